The summed E-state index contributed by atoms with van der Waals surface area (Å²) in [5, 5.41) is 6.81. The maximum absolute atomic E-state index is 14.9. The zero-order valence-corrected chi connectivity index (χ0v) is 26.6. The van der Waals surface area contributed by atoms with Gasteiger partial charge in [-0.05, 0) is 12.1 Å². The molecular weight excluding hydrogens is 689 g/mol. The van der Waals surface area contributed by atoms with Crippen LogP contribution in [-0.4, -0.2) is 84.6 Å². The molecule has 2 heterocycles. The fourth-order valence-corrected chi connectivity index (χ4v) is 7.16. The summed E-state index contributed by atoms with van der Waals surface area (Å²) in [6.07, 6.45) is -4.95. The predicted molar refractivity (Wildman–Crippen MR) is 152 cm³/mol. The monoisotopic (exact) mass is 722 g/mol. The molecule has 0 spiro atoms. The van der Waals surface area contributed by atoms with E-state index in [2.05, 4.69) is 30.5 Å². The van der Waals surface area contributed by atoms with Crippen molar-refractivity contribution in [3.05, 3.63) is 48.2 Å². The van der Waals surface area contributed by atoms with E-state index >= 15 is 0 Å². The minimum atomic E-state index is -4.48. The molecule has 0 unspecified atom stereocenters. The van der Waals surface area contributed by atoms with Crippen molar-refractivity contribution >= 4 is 32.3 Å². The Morgan fingerprint density at radius 2 is 1.93 bits per heavy atom. The first-order chi connectivity index (χ1) is 19.8. The second-order valence-corrected chi connectivity index (χ2v) is 14.3. The molecule has 0 bridgehead atoms. The molecule has 1 saturated heterocycles. The van der Waals surface area contributed by atoms with Gasteiger partial charge in [0.2, 0.25) is 10.0 Å². The molecule has 1 fully saturated rings. The molecule has 4 rings (SSSR count). The Labute approximate surface area is 254 Å². The van der Waals surface area contributed by atoms with E-state index in [0.29, 0.717) is 35.2 Å². The number of alkyl halides is 5. The van der Waals surface area contributed by atoms with E-state index in [0.717, 1.165) is 15.4 Å². The fourth-order valence-electron chi connectivity index (χ4n) is 4.71. The molecule has 1 aromatic heterocycles. The molecular formula is C28H33F4IN5O3S-. The van der Waals surface area contributed by atoms with Crippen molar-refractivity contribution < 1.29 is 52.2 Å². The van der Waals surface area contributed by atoms with Gasteiger partial charge >= 0.3 is 166 Å². The number of hydrogen-bond acceptors (Lipinski definition) is 6. The van der Waals surface area contributed by atoms with Crippen LogP contribution in [0.15, 0.2) is 47.4 Å². The van der Waals surface area contributed by atoms with Crippen molar-refractivity contribution in [3.63, 3.8) is 0 Å². The molecule has 0 saturated carbocycles. The van der Waals surface area contributed by atoms with Gasteiger partial charge in [-0.25, -0.2) is 12.7 Å². The van der Waals surface area contributed by atoms with Gasteiger partial charge in [-0.15, -0.1) is 0 Å². The summed E-state index contributed by atoms with van der Waals surface area (Å²) in [4.78, 5) is 2.14. The van der Waals surface area contributed by atoms with E-state index in [1.165, 1.54) is 33.3 Å². The summed E-state index contributed by atoms with van der Waals surface area (Å²) in [5.41, 5.74) is 1.56. The van der Waals surface area contributed by atoms with Crippen LogP contribution in [0.3, 0.4) is 0 Å². The molecule has 3 aromatic rings. The third-order valence-electron chi connectivity index (χ3n) is 6.89. The van der Waals surface area contributed by atoms with Crippen LogP contribution in [0.25, 0.3) is 10.9 Å². The fraction of sp³-hybridized carbons (Fsp3) is 0.429. The van der Waals surface area contributed by atoms with Crippen LogP contribution >= 0.6 is 0 Å². The molecule has 1 aliphatic heterocycles. The first-order valence-corrected chi connectivity index (χ1v) is 17.6. The van der Waals surface area contributed by atoms with Crippen molar-refractivity contribution in [2.75, 3.05) is 56.4 Å². The zero-order chi connectivity index (χ0) is 30.7. The second kappa shape index (κ2) is 13.3. The first-order valence-electron chi connectivity index (χ1n) is 13.0. The average Bonchev–Trinajstić information content (AvgIpc) is 3.28. The van der Waals surface area contributed by atoms with Gasteiger partial charge < -0.3 is 10.1 Å². The van der Waals surface area contributed by atoms with Gasteiger partial charge in [-0.3, -0.25) is 0 Å². The number of nitrogens with zero attached hydrogens (tertiary/aromatic N) is 3. The Bertz CT molecular complexity index is 1580. The van der Waals surface area contributed by atoms with Crippen molar-refractivity contribution in [2.45, 2.75) is 36.3 Å². The zero-order valence-electron chi connectivity index (χ0n) is 23.6. The predicted octanol–water partition coefficient (Wildman–Crippen LogP) is 1.38. The number of rotatable bonds is 9. The Morgan fingerprint density at radius 1 is 1.17 bits per heavy atom. The van der Waals surface area contributed by atoms with Crippen LogP contribution in [0.5, 0.6) is 5.75 Å². The van der Waals surface area contributed by atoms with Crippen molar-refractivity contribution in [2.24, 2.45) is 0 Å². The number of piperidine rings is 1. The molecule has 0 amide bonds. The number of ether oxygens (including phenoxy) is 1. The van der Waals surface area contributed by atoms with E-state index in [-0.39, 0.29) is 44.4 Å². The molecule has 2 aromatic carbocycles. The van der Waals surface area contributed by atoms with Crippen molar-refractivity contribution in [1.29, 1.82) is 0 Å². The van der Waals surface area contributed by atoms with E-state index in [1.54, 1.807) is 30.3 Å². The molecule has 14 heteroatoms. The summed E-state index contributed by atoms with van der Waals surface area (Å²) in [6.45, 7) is -0.0287. The molecule has 8 nitrogen and oxygen atoms in total. The first kappa shape index (κ1) is 32.2. The Balaban J connectivity index is 1.59. The SMILES string of the molecule is COc1cc(S(=O)(=O)N(C)C)ccc1NCC#Cc1cc2c(N[C@@H]3CCN([I-]C)C[C@@H]3F)cccc2n1CC(F)(F)F. The minimum absolute atomic E-state index is 0.0525. The number of nitrogens with one attached hydrogen (secondary N) is 2. The number of aromatic nitrogens is 1. The normalized spacial score (nSPS) is 18.2. The van der Waals surface area contributed by atoms with Crippen LogP contribution in [0, 0.1) is 11.8 Å². The van der Waals surface area contributed by atoms with E-state index < -0.39 is 35.0 Å². The van der Waals surface area contributed by atoms with Crippen molar-refractivity contribution in [3.8, 4) is 17.6 Å². The van der Waals surface area contributed by atoms with Gasteiger partial charge in [0.05, 0.1) is 17.7 Å². The van der Waals surface area contributed by atoms with Gasteiger partial charge in [0.15, 0.2) is 0 Å². The topological polar surface area (TPSA) is 78.8 Å². The average molecular weight is 723 g/mol. The number of anilines is 2. The Hall–Kier alpha value is -2.74. The Morgan fingerprint density at radius 3 is 2.57 bits per heavy atom. The molecule has 1 aliphatic rings. The summed E-state index contributed by atoms with van der Waals surface area (Å²) in [7, 11) is 0.590. The summed E-state index contributed by atoms with van der Waals surface area (Å²) in [5.74, 6) is 5.97. The summed E-state index contributed by atoms with van der Waals surface area (Å²) < 4.78 is 90.1. The number of sulfonamides is 1. The maximum atomic E-state index is 14.9. The van der Waals surface area contributed by atoms with Crippen LogP contribution in [-0.2, 0) is 16.6 Å². The van der Waals surface area contributed by atoms with Crippen molar-refractivity contribution in [1.82, 2.24) is 12.0 Å². The van der Waals surface area contributed by atoms with Crippen LogP contribution in [0.4, 0.5) is 28.9 Å². The molecule has 2 N–H and O–H groups in total. The number of methoxy groups -OCH3 is 1. The third-order valence-corrected chi connectivity index (χ3v) is 10.9. The molecule has 42 heavy (non-hydrogen) atoms. The van der Waals surface area contributed by atoms with Gasteiger partial charge in [0.1, 0.15) is 5.75 Å². The summed E-state index contributed by atoms with van der Waals surface area (Å²) >= 11 is -0.197. The molecule has 0 aliphatic carbocycles. The third kappa shape index (κ3) is 7.42. The van der Waals surface area contributed by atoms with Crippen LogP contribution in [0.1, 0.15) is 12.1 Å². The molecule has 230 valence electrons. The Kier molecular flexibility index (Phi) is 10.2. The number of benzene rings is 2. The van der Waals surface area contributed by atoms with Gasteiger partial charge in [-0.1, -0.05) is 0 Å². The van der Waals surface area contributed by atoms with Gasteiger partial charge in [0, 0.05) is 20.2 Å². The number of hydrogen-bond donors (Lipinski definition) is 2. The van der Waals surface area contributed by atoms with E-state index in [9.17, 15) is 26.0 Å². The van der Waals surface area contributed by atoms with E-state index in [1.807, 2.05) is 0 Å². The van der Waals surface area contributed by atoms with E-state index in [4.69, 9.17) is 4.74 Å². The quantitative estimate of drug-likeness (QED) is 0.114. The van der Waals surface area contributed by atoms with Crippen LogP contribution < -0.4 is 36.8 Å². The molecule has 0 radical (unpaired) electrons. The number of halogens is 5. The molecule has 2 atom stereocenters. The summed E-state index contributed by atoms with van der Waals surface area (Å²) in [6, 6.07) is 10.5. The van der Waals surface area contributed by atoms with Gasteiger partial charge in [0.25, 0.3) is 0 Å². The number of fused-ring (bicyclic) bond motifs is 1. The van der Waals surface area contributed by atoms with Crippen LogP contribution in [0.2, 0.25) is 0 Å². The second-order valence-electron chi connectivity index (χ2n) is 9.87. The standard InChI is InChI=1S/C28H33F4IN5O3S/c1-33-37-14-12-24(22(29)17-37)35-23-8-5-9-26-21(23)15-19(38(26)18-28(30,31)32)7-6-13-34-25-11-10-20(16-27(25)41-4)42(39,40)36(2)3/h5,8-11,15-16,22,24,34-35H,12-14,17-18H2,1-4H3/q-1/t22-,24+/m0/s1. The van der Waals surface area contributed by atoms with Gasteiger partial charge in [-0.2, -0.15) is 0 Å².